The molecule has 1 aliphatic carbocycles. The number of hydrogen-bond acceptors (Lipinski definition) is 5. The number of hydrogen-bond donors (Lipinski definition) is 1. The van der Waals surface area contributed by atoms with Crippen LogP contribution < -0.4 is 19.1 Å². The number of ether oxygens (including phenoxy) is 2. The van der Waals surface area contributed by atoms with E-state index < -0.39 is 10.0 Å². The Kier molecular flexibility index (Phi) is 4.92. The van der Waals surface area contributed by atoms with Gasteiger partial charge in [-0.25, -0.2) is 8.42 Å². The van der Waals surface area contributed by atoms with Crippen molar-refractivity contribution in [3.05, 3.63) is 42.0 Å². The highest BCUT2D eigenvalue weighted by molar-refractivity contribution is 7.92. The Labute approximate surface area is 177 Å². The molecule has 1 aliphatic heterocycles. The van der Waals surface area contributed by atoms with Crippen LogP contribution in [0.5, 0.6) is 11.5 Å². The minimum atomic E-state index is -3.87. The zero-order valence-electron chi connectivity index (χ0n) is 17.6. The fourth-order valence-electron chi connectivity index (χ4n) is 3.87. The number of methoxy groups -OCH3 is 2. The van der Waals surface area contributed by atoms with Crippen LogP contribution in [0.25, 0.3) is 0 Å². The van der Waals surface area contributed by atoms with E-state index in [0.29, 0.717) is 23.7 Å². The molecule has 1 fully saturated rings. The number of fused-ring (bicyclic) bond motifs is 1. The zero-order chi connectivity index (χ0) is 21.7. The molecule has 7 nitrogen and oxygen atoms in total. The minimum absolute atomic E-state index is 0.109. The Morgan fingerprint density at radius 3 is 2.47 bits per heavy atom. The van der Waals surface area contributed by atoms with E-state index >= 15 is 0 Å². The van der Waals surface area contributed by atoms with Crippen molar-refractivity contribution in [2.24, 2.45) is 5.92 Å². The molecule has 160 valence electrons. The first kappa shape index (κ1) is 20.5. The van der Waals surface area contributed by atoms with Gasteiger partial charge in [-0.15, -0.1) is 0 Å². The monoisotopic (exact) mass is 430 g/mol. The summed E-state index contributed by atoms with van der Waals surface area (Å²) in [4.78, 5) is 14.6. The van der Waals surface area contributed by atoms with Crippen molar-refractivity contribution < 1.29 is 22.7 Å². The van der Waals surface area contributed by atoms with E-state index in [0.717, 1.165) is 24.1 Å². The summed E-state index contributed by atoms with van der Waals surface area (Å²) in [7, 11) is -0.887. The summed E-state index contributed by atoms with van der Waals surface area (Å²) in [6.07, 6.45) is 1.87. The molecule has 1 heterocycles. The van der Waals surface area contributed by atoms with E-state index in [9.17, 15) is 13.2 Å². The standard InChI is InChI=1S/C22H26N2O5S/c1-22(2)13-24(21(25)14-5-6-14)19-9-8-16(12-17(19)22)30(26,27)23-18-11-15(28-3)7-10-20(18)29-4/h7-12,14,23H,5-6,13H2,1-4H3. The average Bonchev–Trinajstić information content (AvgIpc) is 3.52. The third-order valence-corrected chi connectivity index (χ3v) is 7.06. The van der Waals surface area contributed by atoms with Crippen LogP contribution in [-0.2, 0) is 20.2 Å². The fourth-order valence-corrected chi connectivity index (χ4v) is 4.96. The second-order valence-corrected chi connectivity index (χ2v) is 10.1. The van der Waals surface area contributed by atoms with E-state index in [1.807, 2.05) is 18.7 Å². The number of nitrogens with one attached hydrogen (secondary N) is 1. The van der Waals surface area contributed by atoms with Gasteiger partial charge in [0.25, 0.3) is 10.0 Å². The molecule has 1 saturated carbocycles. The van der Waals surface area contributed by atoms with Gasteiger partial charge in [0, 0.05) is 29.6 Å². The third kappa shape index (κ3) is 3.60. The second kappa shape index (κ2) is 7.19. The smallest absolute Gasteiger partial charge is 0.262 e. The van der Waals surface area contributed by atoms with Gasteiger partial charge in [0.2, 0.25) is 5.91 Å². The summed E-state index contributed by atoms with van der Waals surface area (Å²) in [6, 6.07) is 9.86. The molecule has 0 atom stereocenters. The van der Waals surface area contributed by atoms with Crippen LogP contribution in [0.1, 0.15) is 32.3 Å². The third-order valence-electron chi connectivity index (χ3n) is 5.70. The van der Waals surface area contributed by atoms with Gasteiger partial charge < -0.3 is 14.4 Å². The summed E-state index contributed by atoms with van der Waals surface area (Å²) in [5.74, 6) is 1.15. The summed E-state index contributed by atoms with van der Waals surface area (Å²) in [5, 5.41) is 0. The highest BCUT2D eigenvalue weighted by Gasteiger charge is 2.43. The zero-order valence-corrected chi connectivity index (χ0v) is 18.4. The highest BCUT2D eigenvalue weighted by Crippen LogP contribution is 2.44. The molecule has 0 bridgehead atoms. The maximum atomic E-state index is 13.1. The number of sulfonamides is 1. The summed E-state index contributed by atoms with van der Waals surface area (Å²) >= 11 is 0. The quantitative estimate of drug-likeness (QED) is 0.758. The number of nitrogens with zero attached hydrogens (tertiary/aromatic N) is 1. The Morgan fingerprint density at radius 1 is 1.10 bits per heavy atom. The first-order valence-electron chi connectivity index (χ1n) is 9.87. The lowest BCUT2D eigenvalue weighted by atomic mass is 9.87. The van der Waals surface area contributed by atoms with Crippen LogP contribution in [0, 0.1) is 5.92 Å². The molecule has 2 aromatic carbocycles. The molecule has 2 aliphatic rings. The second-order valence-electron chi connectivity index (χ2n) is 8.43. The van der Waals surface area contributed by atoms with Crippen molar-refractivity contribution in [2.75, 3.05) is 30.4 Å². The fraction of sp³-hybridized carbons (Fsp3) is 0.409. The van der Waals surface area contributed by atoms with Gasteiger partial charge in [-0.1, -0.05) is 13.8 Å². The molecule has 2 aromatic rings. The maximum Gasteiger partial charge on any atom is 0.262 e. The SMILES string of the molecule is COc1ccc(OC)c(NS(=O)(=O)c2ccc3c(c2)C(C)(C)CN3C(=O)C2CC2)c1. The first-order valence-corrected chi connectivity index (χ1v) is 11.4. The first-order chi connectivity index (χ1) is 14.2. The molecule has 1 amide bonds. The summed E-state index contributed by atoms with van der Waals surface area (Å²) < 4.78 is 39.3. The van der Waals surface area contributed by atoms with Crippen LogP contribution in [0.4, 0.5) is 11.4 Å². The van der Waals surface area contributed by atoms with Crippen molar-refractivity contribution in [1.82, 2.24) is 0 Å². The van der Waals surface area contributed by atoms with Crippen LogP contribution in [0.2, 0.25) is 0 Å². The number of benzene rings is 2. The van der Waals surface area contributed by atoms with Gasteiger partial charge in [-0.3, -0.25) is 9.52 Å². The molecule has 4 rings (SSSR count). The van der Waals surface area contributed by atoms with Gasteiger partial charge in [-0.05, 0) is 48.7 Å². The molecule has 0 saturated heterocycles. The van der Waals surface area contributed by atoms with E-state index in [4.69, 9.17) is 9.47 Å². The molecule has 8 heteroatoms. The summed E-state index contributed by atoms with van der Waals surface area (Å²) in [5.41, 5.74) is 1.62. The van der Waals surface area contributed by atoms with E-state index in [1.54, 1.807) is 36.4 Å². The van der Waals surface area contributed by atoms with Crippen molar-refractivity contribution in [1.29, 1.82) is 0 Å². The van der Waals surface area contributed by atoms with E-state index in [-0.39, 0.29) is 22.1 Å². The average molecular weight is 431 g/mol. The lowest BCUT2D eigenvalue weighted by molar-refractivity contribution is -0.119. The van der Waals surface area contributed by atoms with Gasteiger partial charge in [0.1, 0.15) is 11.5 Å². The number of anilines is 2. The molecular formula is C22H26N2O5S. The molecule has 0 aromatic heterocycles. The maximum absolute atomic E-state index is 13.1. The van der Waals surface area contributed by atoms with Crippen molar-refractivity contribution in [3.8, 4) is 11.5 Å². The Bertz CT molecular complexity index is 1110. The summed E-state index contributed by atoms with van der Waals surface area (Å²) in [6.45, 7) is 4.61. The predicted molar refractivity (Wildman–Crippen MR) is 115 cm³/mol. The number of rotatable bonds is 6. The molecule has 0 unspecified atom stereocenters. The van der Waals surface area contributed by atoms with Gasteiger partial charge in [0.05, 0.1) is 24.8 Å². The van der Waals surface area contributed by atoms with Crippen LogP contribution in [0.15, 0.2) is 41.3 Å². The van der Waals surface area contributed by atoms with Crippen LogP contribution >= 0.6 is 0 Å². The van der Waals surface area contributed by atoms with Gasteiger partial charge >= 0.3 is 0 Å². The van der Waals surface area contributed by atoms with E-state index in [2.05, 4.69) is 4.72 Å². The largest absolute Gasteiger partial charge is 0.497 e. The van der Waals surface area contributed by atoms with Crippen molar-refractivity contribution in [3.63, 3.8) is 0 Å². The molecular weight excluding hydrogens is 404 g/mol. The lowest BCUT2D eigenvalue weighted by Gasteiger charge is -2.20. The number of carbonyl (C=O) groups excluding carboxylic acids is 1. The topological polar surface area (TPSA) is 84.9 Å². The van der Waals surface area contributed by atoms with Crippen molar-refractivity contribution in [2.45, 2.75) is 37.0 Å². The number of amides is 1. The Hall–Kier alpha value is -2.74. The Morgan fingerprint density at radius 2 is 1.83 bits per heavy atom. The molecule has 1 N–H and O–H groups in total. The van der Waals surface area contributed by atoms with Gasteiger partial charge in [0.15, 0.2) is 0 Å². The predicted octanol–water partition coefficient (Wildman–Crippen LogP) is 3.54. The lowest BCUT2D eigenvalue weighted by Crippen LogP contribution is -2.34. The van der Waals surface area contributed by atoms with Crippen LogP contribution in [0.3, 0.4) is 0 Å². The van der Waals surface area contributed by atoms with E-state index in [1.165, 1.54) is 14.2 Å². The minimum Gasteiger partial charge on any atom is -0.497 e. The molecule has 0 radical (unpaired) electrons. The van der Waals surface area contributed by atoms with Crippen molar-refractivity contribution >= 4 is 27.3 Å². The normalized spacial score (nSPS) is 17.4. The molecule has 0 spiro atoms. The Balaban J connectivity index is 1.69. The number of carbonyl (C=O) groups is 1. The van der Waals surface area contributed by atoms with Crippen LogP contribution in [-0.4, -0.2) is 35.1 Å². The highest BCUT2D eigenvalue weighted by atomic mass is 32.2. The molecule has 30 heavy (non-hydrogen) atoms. The van der Waals surface area contributed by atoms with Gasteiger partial charge in [-0.2, -0.15) is 0 Å².